The summed E-state index contributed by atoms with van der Waals surface area (Å²) < 4.78 is 11.8. The van der Waals surface area contributed by atoms with Crippen molar-refractivity contribution in [3.63, 3.8) is 0 Å². The first-order chi connectivity index (χ1) is 15.5. The molecule has 0 aliphatic rings. The summed E-state index contributed by atoms with van der Waals surface area (Å²) in [5, 5.41) is 15.0. The highest BCUT2D eigenvalue weighted by atomic mass is 16.4. The van der Waals surface area contributed by atoms with Gasteiger partial charge in [-0.1, -0.05) is 65.3 Å². The summed E-state index contributed by atoms with van der Waals surface area (Å²) in [5.41, 5.74) is 5.91. The fourth-order valence-corrected chi connectivity index (χ4v) is 4.17. The molecule has 0 unspecified atom stereocenters. The van der Waals surface area contributed by atoms with Crippen molar-refractivity contribution in [1.82, 2.24) is 0 Å². The average molecular weight is 423 g/mol. The van der Waals surface area contributed by atoms with Crippen LogP contribution >= 0.6 is 0 Å². The van der Waals surface area contributed by atoms with E-state index in [0.717, 1.165) is 38.6 Å². The Bertz CT molecular complexity index is 1560. The second-order valence-electron chi connectivity index (χ2n) is 7.97. The topological polar surface area (TPSA) is 75.9 Å². The Morgan fingerprint density at radius 3 is 2.16 bits per heavy atom. The van der Waals surface area contributed by atoms with Gasteiger partial charge in [0.15, 0.2) is 11.5 Å². The molecule has 5 aromatic rings. The van der Waals surface area contributed by atoms with Crippen molar-refractivity contribution >= 4 is 27.7 Å². The molecule has 0 aliphatic heterocycles. The molecule has 0 atom stereocenters. The van der Waals surface area contributed by atoms with Crippen molar-refractivity contribution < 1.29 is 14.0 Å². The number of benzene rings is 3. The highest BCUT2D eigenvalue weighted by Gasteiger charge is 2.21. The number of rotatable bonds is 3. The molecule has 0 fully saturated rings. The van der Waals surface area contributed by atoms with E-state index in [4.69, 9.17) is 8.83 Å². The molecule has 0 saturated heterocycles. The van der Waals surface area contributed by atoms with Gasteiger partial charge in [0.05, 0.1) is 5.56 Å². The minimum atomic E-state index is -0.388. The van der Waals surface area contributed by atoms with E-state index in [0.29, 0.717) is 28.2 Å². The van der Waals surface area contributed by atoms with Gasteiger partial charge in [-0.15, -0.1) is 0 Å². The first-order valence-corrected chi connectivity index (χ1v) is 10.3. The van der Waals surface area contributed by atoms with Crippen LogP contribution in [0.15, 0.2) is 85.5 Å². The van der Waals surface area contributed by atoms with E-state index in [1.807, 2.05) is 81.4 Å². The Balaban J connectivity index is 1.74. The quantitative estimate of drug-likeness (QED) is 0.159. The van der Waals surface area contributed by atoms with Gasteiger partial charge in [-0.2, -0.15) is 0 Å². The first kappa shape index (κ1) is 19.8. The molecule has 32 heavy (non-hydrogen) atoms. The SMILES string of the molecule is Cc1ccc(/C(=N\O)c2oc3cc4oc(=O)c(-c5ccccc5)c(C)c4cc3c2C)cc1. The molecule has 5 rings (SSSR count). The lowest BCUT2D eigenvalue weighted by Gasteiger charge is -2.08. The summed E-state index contributed by atoms with van der Waals surface area (Å²) >= 11 is 0. The van der Waals surface area contributed by atoms with Crippen LogP contribution in [0.4, 0.5) is 0 Å². The van der Waals surface area contributed by atoms with Crippen LogP contribution in [-0.4, -0.2) is 10.9 Å². The van der Waals surface area contributed by atoms with Gasteiger partial charge < -0.3 is 14.0 Å². The van der Waals surface area contributed by atoms with Gasteiger partial charge in [0.2, 0.25) is 0 Å². The third-order valence-corrected chi connectivity index (χ3v) is 5.93. The molecule has 1 N–H and O–H groups in total. The van der Waals surface area contributed by atoms with Crippen LogP contribution in [-0.2, 0) is 0 Å². The second kappa shape index (κ2) is 7.54. The van der Waals surface area contributed by atoms with Crippen LogP contribution in [0.2, 0.25) is 0 Å². The normalized spacial score (nSPS) is 12.0. The molecule has 0 radical (unpaired) electrons. The number of oxime groups is 1. The van der Waals surface area contributed by atoms with Crippen molar-refractivity contribution in [3.05, 3.63) is 105 Å². The molecule has 5 nitrogen and oxygen atoms in total. The standard InChI is InChI=1S/C27H21NO4/c1-15-9-11-19(12-10-15)25(28-30)26-17(3)21-13-20-16(2)24(18-7-5-4-6-8-18)27(29)32-23(20)14-22(21)31-26/h4-14,30H,1-3H3/b28-25+. The predicted octanol–water partition coefficient (Wildman–Crippen LogP) is 6.36. The molecule has 0 aliphatic carbocycles. The maximum atomic E-state index is 12.8. The van der Waals surface area contributed by atoms with E-state index in [1.165, 1.54) is 0 Å². The Morgan fingerprint density at radius 2 is 1.47 bits per heavy atom. The molecule has 0 bridgehead atoms. The average Bonchev–Trinajstić information content (AvgIpc) is 3.10. The highest BCUT2D eigenvalue weighted by molar-refractivity contribution is 6.14. The first-order valence-electron chi connectivity index (χ1n) is 10.3. The fraction of sp³-hybridized carbons (Fsp3) is 0.111. The zero-order valence-electron chi connectivity index (χ0n) is 18.0. The lowest BCUT2D eigenvalue weighted by atomic mass is 9.98. The van der Waals surface area contributed by atoms with Crippen molar-refractivity contribution in [2.45, 2.75) is 20.8 Å². The molecule has 3 aromatic carbocycles. The van der Waals surface area contributed by atoms with Crippen LogP contribution < -0.4 is 5.63 Å². The summed E-state index contributed by atoms with van der Waals surface area (Å²) in [7, 11) is 0. The lowest BCUT2D eigenvalue weighted by Crippen LogP contribution is -2.05. The molecule has 0 saturated carbocycles. The van der Waals surface area contributed by atoms with Gasteiger partial charge in [-0.05, 0) is 38.0 Å². The zero-order chi connectivity index (χ0) is 22.4. The van der Waals surface area contributed by atoms with E-state index in [2.05, 4.69) is 5.16 Å². The number of fused-ring (bicyclic) bond motifs is 2. The number of furan rings is 1. The van der Waals surface area contributed by atoms with Crippen LogP contribution in [0.5, 0.6) is 0 Å². The zero-order valence-corrected chi connectivity index (χ0v) is 18.0. The fourth-order valence-electron chi connectivity index (χ4n) is 4.17. The van der Waals surface area contributed by atoms with Crippen LogP contribution in [0.1, 0.15) is 28.0 Å². The maximum Gasteiger partial charge on any atom is 0.344 e. The largest absolute Gasteiger partial charge is 0.454 e. The second-order valence-corrected chi connectivity index (χ2v) is 7.97. The van der Waals surface area contributed by atoms with E-state index >= 15 is 0 Å². The Morgan fingerprint density at radius 1 is 0.812 bits per heavy atom. The molecular weight excluding hydrogens is 402 g/mol. The minimum absolute atomic E-state index is 0.353. The third kappa shape index (κ3) is 3.10. The molecular formula is C27H21NO4. The van der Waals surface area contributed by atoms with Crippen molar-refractivity contribution in [1.29, 1.82) is 0 Å². The van der Waals surface area contributed by atoms with E-state index in [9.17, 15) is 10.0 Å². The predicted molar refractivity (Wildman–Crippen MR) is 126 cm³/mol. The minimum Gasteiger partial charge on any atom is -0.454 e. The van der Waals surface area contributed by atoms with E-state index in [1.54, 1.807) is 6.07 Å². The molecule has 2 heterocycles. The summed E-state index contributed by atoms with van der Waals surface area (Å²) in [6.45, 7) is 5.85. The molecule has 0 spiro atoms. The smallest absolute Gasteiger partial charge is 0.344 e. The summed E-state index contributed by atoms with van der Waals surface area (Å²) in [4.78, 5) is 12.8. The van der Waals surface area contributed by atoms with Gasteiger partial charge >= 0.3 is 5.63 Å². The summed E-state index contributed by atoms with van der Waals surface area (Å²) in [6.07, 6.45) is 0. The molecule has 5 heteroatoms. The van der Waals surface area contributed by atoms with Crippen molar-refractivity contribution in [2.75, 3.05) is 0 Å². The maximum absolute atomic E-state index is 12.8. The molecule has 2 aromatic heterocycles. The Hall–Kier alpha value is -4.12. The van der Waals surface area contributed by atoms with Gasteiger partial charge in [0.1, 0.15) is 11.2 Å². The molecule has 158 valence electrons. The van der Waals surface area contributed by atoms with Crippen LogP contribution in [0.25, 0.3) is 33.1 Å². The highest BCUT2D eigenvalue weighted by Crippen LogP contribution is 2.34. The third-order valence-electron chi connectivity index (χ3n) is 5.93. The summed E-state index contributed by atoms with van der Waals surface area (Å²) in [5.74, 6) is 0.477. The van der Waals surface area contributed by atoms with Crippen LogP contribution in [0, 0.1) is 20.8 Å². The number of hydrogen-bond donors (Lipinski definition) is 1. The number of hydrogen-bond acceptors (Lipinski definition) is 5. The molecule has 0 amide bonds. The summed E-state index contributed by atoms with van der Waals surface area (Å²) in [6, 6.07) is 20.9. The van der Waals surface area contributed by atoms with Gasteiger partial charge in [-0.3, -0.25) is 0 Å². The Kier molecular flexibility index (Phi) is 4.67. The van der Waals surface area contributed by atoms with Gasteiger partial charge in [0.25, 0.3) is 0 Å². The van der Waals surface area contributed by atoms with Crippen molar-refractivity contribution in [3.8, 4) is 11.1 Å². The van der Waals surface area contributed by atoms with Gasteiger partial charge in [-0.25, -0.2) is 4.79 Å². The van der Waals surface area contributed by atoms with Crippen molar-refractivity contribution in [2.24, 2.45) is 5.16 Å². The number of aryl methyl sites for hydroxylation is 3. The van der Waals surface area contributed by atoms with E-state index < -0.39 is 0 Å². The van der Waals surface area contributed by atoms with E-state index in [-0.39, 0.29) is 5.63 Å². The van der Waals surface area contributed by atoms with Crippen LogP contribution in [0.3, 0.4) is 0 Å². The lowest BCUT2D eigenvalue weighted by molar-refractivity contribution is 0.318. The monoisotopic (exact) mass is 423 g/mol. The Labute approximate surface area is 184 Å². The number of nitrogens with zero attached hydrogens (tertiary/aromatic N) is 1. The van der Waals surface area contributed by atoms with Gasteiger partial charge in [0, 0.05) is 28.0 Å².